The topological polar surface area (TPSA) is 58.6 Å². The van der Waals surface area contributed by atoms with E-state index in [2.05, 4.69) is 17.2 Å². The van der Waals surface area contributed by atoms with Crippen LogP contribution >= 0.6 is 0 Å². The molecular formula is C15H16FNO3. The van der Waals surface area contributed by atoms with Crippen LogP contribution in [0, 0.1) is 17.7 Å². The Morgan fingerprint density at radius 3 is 2.95 bits per heavy atom. The number of hydrogen-bond donors (Lipinski definition) is 2. The lowest BCUT2D eigenvalue weighted by molar-refractivity contribution is 0.0176. The van der Waals surface area contributed by atoms with Gasteiger partial charge in [0.25, 0.3) is 5.91 Å². The van der Waals surface area contributed by atoms with Gasteiger partial charge in [-0.3, -0.25) is 4.79 Å². The Morgan fingerprint density at radius 2 is 2.30 bits per heavy atom. The summed E-state index contributed by atoms with van der Waals surface area (Å²) in [5.41, 5.74) is 0.590. The molecule has 2 N–H and O–H groups in total. The molecule has 1 amide bonds. The van der Waals surface area contributed by atoms with Gasteiger partial charge in [0.2, 0.25) is 0 Å². The largest absolute Gasteiger partial charge is 0.384 e. The van der Waals surface area contributed by atoms with E-state index in [1.54, 1.807) is 7.11 Å². The first-order chi connectivity index (χ1) is 9.63. The highest BCUT2D eigenvalue weighted by Gasteiger charge is 2.30. The van der Waals surface area contributed by atoms with Crippen molar-refractivity contribution in [3.63, 3.8) is 0 Å². The average molecular weight is 277 g/mol. The minimum atomic E-state index is -0.466. The summed E-state index contributed by atoms with van der Waals surface area (Å²) in [6, 6.07) is 3.89. The van der Waals surface area contributed by atoms with Crippen LogP contribution in [0.4, 0.5) is 4.39 Å². The van der Waals surface area contributed by atoms with Crippen LogP contribution in [0.1, 0.15) is 28.8 Å². The molecule has 2 rings (SSSR count). The van der Waals surface area contributed by atoms with Crippen LogP contribution in [-0.2, 0) is 4.74 Å². The zero-order chi connectivity index (χ0) is 14.5. The highest BCUT2D eigenvalue weighted by atomic mass is 19.1. The molecule has 1 aromatic carbocycles. The van der Waals surface area contributed by atoms with Crippen molar-refractivity contribution in [2.75, 3.05) is 13.7 Å². The van der Waals surface area contributed by atoms with E-state index in [4.69, 9.17) is 9.84 Å². The van der Waals surface area contributed by atoms with Gasteiger partial charge in [0.1, 0.15) is 12.4 Å². The summed E-state index contributed by atoms with van der Waals surface area (Å²) >= 11 is 0. The lowest BCUT2D eigenvalue weighted by Gasteiger charge is -2.34. The Labute approximate surface area is 116 Å². The summed E-state index contributed by atoms with van der Waals surface area (Å²) in [6.45, 7) is -0.338. The number of aliphatic hydroxyl groups is 1. The maximum absolute atomic E-state index is 13.2. The first-order valence-electron chi connectivity index (χ1n) is 6.37. The van der Waals surface area contributed by atoms with Crippen molar-refractivity contribution in [2.24, 2.45) is 0 Å². The van der Waals surface area contributed by atoms with E-state index in [0.29, 0.717) is 5.56 Å². The van der Waals surface area contributed by atoms with E-state index in [1.165, 1.54) is 18.2 Å². The lowest BCUT2D eigenvalue weighted by atomic mass is 9.89. The smallest absolute Gasteiger partial charge is 0.252 e. The van der Waals surface area contributed by atoms with Gasteiger partial charge in [-0.1, -0.05) is 11.8 Å². The Kier molecular flexibility index (Phi) is 4.72. The summed E-state index contributed by atoms with van der Waals surface area (Å²) in [4.78, 5) is 12.1. The van der Waals surface area contributed by atoms with Gasteiger partial charge >= 0.3 is 0 Å². The SMILES string of the molecule is COC1CC(NC(=O)c2ccc(F)cc2C#CCO)C1. The maximum Gasteiger partial charge on any atom is 0.252 e. The molecule has 0 radical (unpaired) electrons. The summed E-state index contributed by atoms with van der Waals surface area (Å²) < 4.78 is 18.3. The number of carbonyl (C=O) groups excluding carboxylic acids is 1. The number of halogens is 1. The molecule has 20 heavy (non-hydrogen) atoms. The van der Waals surface area contributed by atoms with E-state index in [-0.39, 0.29) is 30.2 Å². The predicted octanol–water partition coefficient (Wildman–Crippen LogP) is 1.08. The summed E-state index contributed by atoms with van der Waals surface area (Å²) in [5, 5.41) is 11.6. The molecule has 0 saturated heterocycles. The van der Waals surface area contributed by atoms with E-state index < -0.39 is 5.82 Å². The van der Waals surface area contributed by atoms with E-state index in [9.17, 15) is 9.18 Å². The van der Waals surface area contributed by atoms with Gasteiger partial charge in [-0.2, -0.15) is 0 Å². The third kappa shape index (κ3) is 3.35. The molecule has 0 aliphatic heterocycles. The minimum Gasteiger partial charge on any atom is -0.384 e. The van der Waals surface area contributed by atoms with Crippen LogP contribution in [-0.4, -0.2) is 36.9 Å². The number of nitrogens with one attached hydrogen (secondary N) is 1. The molecule has 1 aromatic rings. The number of hydrogen-bond acceptors (Lipinski definition) is 3. The van der Waals surface area contributed by atoms with Crippen molar-refractivity contribution < 1.29 is 19.0 Å². The van der Waals surface area contributed by atoms with Gasteiger partial charge in [-0.25, -0.2) is 4.39 Å². The third-order valence-electron chi connectivity index (χ3n) is 3.29. The Bertz CT molecular complexity index is 556. The normalized spacial score (nSPS) is 20.6. The van der Waals surface area contributed by atoms with Gasteiger partial charge < -0.3 is 15.2 Å². The molecule has 1 aliphatic carbocycles. The second kappa shape index (κ2) is 6.51. The van der Waals surface area contributed by atoms with Crippen molar-refractivity contribution in [3.8, 4) is 11.8 Å². The first kappa shape index (κ1) is 14.5. The molecule has 0 bridgehead atoms. The molecule has 1 saturated carbocycles. The monoisotopic (exact) mass is 277 g/mol. The number of amides is 1. The first-order valence-corrected chi connectivity index (χ1v) is 6.37. The number of carbonyl (C=O) groups is 1. The molecule has 0 heterocycles. The van der Waals surface area contributed by atoms with E-state index in [1.807, 2.05) is 0 Å². The summed E-state index contributed by atoms with van der Waals surface area (Å²) in [7, 11) is 1.64. The number of methoxy groups -OCH3 is 1. The lowest BCUT2D eigenvalue weighted by Crippen LogP contribution is -2.47. The van der Waals surface area contributed by atoms with Gasteiger partial charge in [-0.15, -0.1) is 0 Å². The van der Waals surface area contributed by atoms with Crippen molar-refractivity contribution in [1.82, 2.24) is 5.32 Å². The quantitative estimate of drug-likeness (QED) is 0.813. The number of aliphatic hydroxyl groups excluding tert-OH is 1. The number of ether oxygens (including phenoxy) is 1. The molecule has 1 aliphatic rings. The summed E-state index contributed by atoms with van der Waals surface area (Å²) in [6.07, 6.45) is 1.75. The number of benzene rings is 1. The molecule has 106 valence electrons. The van der Waals surface area contributed by atoms with Crippen molar-refractivity contribution >= 4 is 5.91 Å². The average Bonchev–Trinajstić information content (AvgIpc) is 2.39. The van der Waals surface area contributed by atoms with E-state index in [0.717, 1.165) is 12.8 Å². The second-order valence-corrected chi connectivity index (χ2v) is 4.65. The van der Waals surface area contributed by atoms with Crippen molar-refractivity contribution in [2.45, 2.75) is 25.0 Å². The van der Waals surface area contributed by atoms with Crippen LogP contribution in [0.25, 0.3) is 0 Å². The van der Waals surface area contributed by atoms with Crippen molar-refractivity contribution in [3.05, 3.63) is 35.1 Å². The Hall–Kier alpha value is -1.90. The predicted molar refractivity (Wildman–Crippen MR) is 71.6 cm³/mol. The molecule has 4 nitrogen and oxygen atoms in total. The van der Waals surface area contributed by atoms with Gasteiger partial charge in [0.05, 0.1) is 11.7 Å². The maximum atomic E-state index is 13.2. The molecule has 0 spiro atoms. The standard InChI is InChI=1S/C15H16FNO3/c1-20-13-8-12(9-13)17-15(19)14-5-4-11(16)7-10(14)3-2-6-18/h4-5,7,12-13,18H,6,8-9H2,1H3,(H,17,19). The Balaban J connectivity index is 2.09. The summed E-state index contributed by atoms with van der Waals surface area (Å²) in [5.74, 6) is 4.26. The molecule has 0 aromatic heterocycles. The van der Waals surface area contributed by atoms with Gasteiger partial charge in [0, 0.05) is 18.7 Å². The van der Waals surface area contributed by atoms with Crippen LogP contribution < -0.4 is 5.32 Å². The fraction of sp³-hybridized carbons (Fsp3) is 0.400. The third-order valence-corrected chi connectivity index (χ3v) is 3.29. The van der Waals surface area contributed by atoms with Crippen LogP contribution in [0.3, 0.4) is 0 Å². The van der Waals surface area contributed by atoms with Crippen LogP contribution in [0.15, 0.2) is 18.2 Å². The fourth-order valence-electron chi connectivity index (χ4n) is 2.09. The van der Waals surface area contributed by atoms with Gasteiger partial charge in [-0.05, 0) is 31.0 Å². The molecule has 5 heteroatoms. The molecule has 0 atom stereocenters. The highest BCUT2D eigenvalue weighted by molar-refractivity contribution is 5.97. The molecular weight excluding hydrogens is 261 g/mol. The zero-order valence-corrected chi connectivity index (χ0v) is 11.1. The van der Waals surface area contributed by atoms with Crippen LogP contribution in [0.5, 0.6) is 0 Å². The second-order valence-electron chi connectivity index (χ2n) is 4.65. The Morgan fingerprint density at radius 1 is 1.55 bits per heavy atom. The zero-order valence-electron chi connectivity index (χ0n) is 11.1. The number of rotatable bonds is 3. The fourth-order valence-corrected chi connectivity index (χ4v) is 2.09. The van der Waals surface area contributed by atoms with E-state index >= 15 is 0 Å². The minimum absolute atomic E-state index is 0.0798. The van der Waals surface area contributed by atoms with Crippen LogP contribution in [0.2, 0.25) is 0 Å². The highest BCUT2D eigenvalue weighted by Crippen LogP contribution is 2.23. The molecule has 0 unspecified atom stereocenters. The van der Waals surface area contributed by atoms with Gasteiger partial charge in [0.15, 0.2) is 0 Å². The molecule has 1 fully saturated rings. The van der Waals surface area contributed by atoms with Crippen molar-refractivity contribution in [1.29, 1.82) is 0 Å².